The number of thioether (sulfide) groups is 1. The highest BCUT2D eigenvalue weighted by atomic mass is 32.2. The number of carbonyl (C=O) groups is 1. The fraction of sp³-hybridized carbons (Fsp3) is 0.375. The van der Waals surface area contributed by atoms with Crippen LogP contribution in [0, 0.1) is 0 Å². The van der Waals surface area contributed by atoms with Crippen molar-refractivity contribution in [2.75, 3.05) is 17.8 Å². The van der Waals surface area contributed by atoms with E-state index in [1.807, 2.05) is 23.0 Å². The summed E-state index contributed by atoms with van der Waals surface area (Å²) >= 11 is 1.61. The average Bonchev–Trinajstić information content (AvgIpc) is 2.56. The van der Waals surface area contributed by atoms with E-state index in [2.05, 4.69) is 0 Å². The normalized spacial score (nSPS) is 22.8. The first kappa shape index (κ1) is 8.65. The summed E-state index contributed by atoms with van der Waals surface area (Å²) in [5, 5.41) is 2.61. The number of hydrogen-bond donors (Lipinski definition) is 1. The molecule has 0 aliphatic carbocycles. The van der Waals surface area contributed by atoms with Crippen LogP contribution in [0.3, 0.4) is 0 Å². The Kier molecular flexibility index (Phi) is 2.05. The molecule has 70 valence electrons. The minimum Gasteiger partial charge on any atom is -0.319 e. The van der Waals surface area contributed by atoms with E-state index in [-0.39, 0.29) is 5.91 Å². The minimum absolute atomic E-state index is 0.0394. The Labute approximate surface area is 80.7 Å². The quantitative estimate of drug-likeness (QED) is 0.637. The highest BCUT2D eigenvalue weighted by Gasteiger charge is 2.24. The van der Waals surface area contributed by atoms with Crippen LogP contribution in [-0.4, -0.2) is 29.4 Å². The number of carbonyl (C=O) groups excluding carboxylic acids is 1. The number of nitrogens with two attached hydrogens (primary N) is 1. The molecular weight excluding hydrogens is 186 g/mol. The summed E-state index contributed by atoms with van der Waals surface area (Å²) in [7, 11) is 1.73. The maximum Gasteiger partial charge on any atom is 0.258 e. The van der Waals surface area contributed by atoms with Gasteiger partial charge in [0, 0.05) is 19.0 Å². The van der Waals surface area contributed by atoms with Gasteiger partial charge >= 0.3 is 0 Å². The fourth-order valence-electron chi connectivity index (χ4n) is 1.31. The van der Waals surface area contributed by atoms with Crippen molar-refractivity contribution in [2.45, 2.75) is 11.1 Å². The highest BCUT2D eigenvalue weighted by molar-refractivity contribution is 7.99. The number of fused-ring (bicyclic) bond motifs is 1. The van der Waals surface area contributed by atoms with Crippen LogP contribution < -0.4 is 10.7 Å². The van der Waals surface area contributed by atoms with Gasteiger partial charge in [0.2, 0.25) is 0 Å². The van der Waals surface area contributed by atoms with Gasteiger partial charge < -0.3 is 5.73 Å². The molecule has 0 radical (unpaired) electrons. The number of rotatable bonds is 0. The third kappa shape index (κ3) is 1.34. The molecule has 0 saturated heterocycles. The van der Waals surface area contributed by atoms with E-state index in [9.17, 15) is 4.79 Å². The van der Waals surface area contributed by atoms with Gasteiger partial charge in [0.15, 0.2) is 0 Å². The van der Waals surface area contributed by atoms with Crippen LogP contribution in [0.25, 0.3) is 0 Å². The number of likely N-dealkylation sites (N-methyl/N-ethyl adjacent to an activating group) is 1. The molecule has 1 aliphatic rings. The Morgan fingerprint density at radius 1 is 1.69 bits per heavy atom. The molecule has 5 heteroatoms. The van der Waals surface area contributed by atoms with E-state index in [0.717, 1.165) is 5.03 Å². The zero-order valence-electron chi connectivity index (χ0n) is 7.30. The molecule has 1 aromatic heterocycles. The predicted molar refractivity (Wildman–Crippen MR) is 52.3 cm³/mol. The van der Waals surface area contributed by atoms with Crippen LogP contribution in [0.4, 0.5) is 0 Å². The third-order valence-corrected chi connectivity index (χ3v) is 3.21. The number of aromatic nitrogens is 1. The summed E-state index contributed by atoms with van der Waals surface area (Å²) in [6, 6.07) is 3.50. The summed E-state index contributed by atoms with van der Waals surface area (Å²) < 4.78 is 1.82. The summed E-state index contributed by atoms with van der Waals surface area (Å²) in [6.07, 6.45) is 1.86. The van der Waals surface area contributed by atoms with Crippen molar-refractivity contribution in [2.24, 2.45) is 5.73 Å². The number of nitrogens with zero attached hydrogens (tertiary/aromatic N) is 2. The van der Waals surface area contributed by atoms with Crippen molar-refractivity contribution in [3.63, 3.8) is 0 Å². The first-order valence-corrected chi connectivity index (χ1v) is 5.02. The zero-order valence-corrected chi connectivity index (χ0v) is 8.12. The van der Waals surface area contributed by atoms with E-state index in [1.165, 1.54) is 0 Å². The fourth-order valence-corrected chi connectivity index (χ4v) is 2.29. The van der Waals surface area contributed by atoms with Gasteiger partial charge in [-0.1, -0.05) is 0 Å². The van der Waals surface area contributed by atoms with Crippen molar-refractivity contribution in [1.29, 1.82) is 0 Å². The molecule has 0 saturated carbocycles. The van der Waals surface area contributed by atoms with E-state index in [4.69, 9.17) is 5.73 Å². The Morgan fingerprint density at radius 2 is 2.46 bits per heavy atom. The van der Waals surface area contributed by atoms with Gasteiger partial charge in [-0.25, -0.2) is 0 Å². The van der Waals surface area contributed by atoms with Crippen LogP contribution in [0.1, 0.15) is 0 Å². The molecule has 0 fully saturated rings. The molecule has 13 heavy (non-hydrogen) atoms. The largest absolute Gasteiger partial charge is 0.319 e. The zero-order chi connectivity index (χ0) is 9.42. The SMILES string of the molecule is CN1C(=O)[C@@H](N)CSc2cccn21. The van der Waals surface area contributed by atoms with Crippen LogP contribution in [-0.2, 0) is 4.79 Å². The van der Waals surface area contributed by atoms with Crippen LogP contribution in [0.15, 0.2) is 23.4 Å². The van der Waals surface area contributed by atoms with Crippen molar-refractivity contribution in [1.82, 2.24) is 4.68 Å². The number of amides is 1. The first-order chi connectivity index (χ1) is 6.20. The second-order valence-electron chi connectivity index (χ2n) is 2.97. The molecule has 1 aromatic rings. The van der Waals surface area contributed by atoms with Crippen molar-refractivity contribution >= 4 is 17.7 Å². The standard InChI is InChI=1S/C8H11N3OS/c1-10-8(12)6(9)5-13-7-3-2-4-11(7)10/h2-4,6H,5,9H2,1H3/t6-/m0/s1. The summed E-state index contributed by atoms with van der Waals surface area (Å²) in [5.74, 6) is 0.607. The van der Waals surface area contributed by atoms with Gasteiger partial charge in [-0.2, -0.15) is 0 Å². The third-order valence-electron chi connectivity index (χ3n) is 2.06. The first-order valence-electron chi connectivity index (χ1n) is 4.04. The molecule has 2 rings (SSSR count). The Bertz CT molecular complexity index is 336. The van der Waals surface area contributed by atoms with Gasteiger partial charge in [0.25, 0.3) is 5.91 Å². The molecule has 1 atom stereocenters. The van der Waals surface area contributed by atoms with Gasteiger partial charge in [-0.05, 0) is 12.1 Å². The van der Waals surface area contributed by atoms with Crippen molar-refractivity contribution in [3.8, 4) is 0 Å². The molecule has 1 aliphatic heterocycles. The summed E-state index contributed by atoms with van der Waals surface area (Å²) in [5.41, 5.74) is 5.68. The van der Waals surface area contributed by atoms with Crippen molar-refractivity contribution in [3.05, 3.63) is 18.3 Å². The monoisotopic (exact) mass is 197 g/mol. The van der Waals surface area contributed by atoms with E-state index in [1.54, 1.807) is 23.8 Å². The van der Waals surface area contributed by atoms with E-state index in [0.29, 0.717) is 5.75 Å². The lowest BCUT2D eigenvalue weighted by Crippen LogP contribution is -2.46. The maximum atomic E-state index is 11.6. The molecule has 4 nitrogen and oxygen atoms in total. The Hall–Kier alpha value is -0.940. The molecule has 1 amide bonds. The van der Waals surface area contributed by atoms with E-state index < -0.39 is 6.04 Å². The smallest absolute Gasteiger partial charge is 0.258 e. The van der Waals surface area contributed by atoms with Gasteiger partial charge in [-0.3, -0.25) is 14.5 Å². The second-order valence-corrected chi connectivity index (χ2v) is 4.01. The lowest BCUT2D eigenvalue weighted by molar-refractivity contribution is -0.120. The van der Waals surface area contributed by atoms with Gasteiger partial charge in [0.05, 0.1) is 11.1 Å². The Balaban J connectivity index is 2.40. The van der Waals surface area contributed by atoms with Crippen LogP contribution in [0.5, 0.6) is 0 Å². The predicted octanol–water partition coefficient (Wildman–Crippen LogP) is 0.0155. The topological polar surface area (TPSA) is 51.3 Å². The molecule has 0 aromatic carbocycles. The van der Waals surface area contributed by atoms with Gasteiger partial charge in [-0.15, -0.1) is 11.8 Å². The Morgan fingerprint density at radius 3 is 3.23 bits per heavy atom. The lowest BCUT2D eigenvalue weighted by Gasteiger charge is -2.19. The lowest BCUT2D eigenvalue weighted by atomic mass is 10.3. The number of hydrogen-bond acceptors (Lipinski definition) is 3. The molecule has 0 spiro atoms. The minimum atomic E-state index is -0.394. The second kappa shape index (κ2) is 3.08. The van der Waals surface area contributed by atoms with E-state index >= 15 is 0 Å². The highest BCUT2D eigenvalue weighted by Crippen LogP contribution is 2.22. The maximum absolute atomic E-state index is 11.6. The van der Waals surface area contributed by atoms with Crippen LogP contribution in [0.2, 0.25) is 0 Å². The van der Waals surface area contributed by atoms with Crippen LogP contribution >= 0.6 is 11.8 Å². The van der Waals surface area contributed by atoms with Gasteiger partial charge in [0.1, 0.15) is 0 Å². The summed E-state index contributed by atoms with van der Waals surface area (Å²) in [6.45, 7) is 0. The van der Waals surface area contributed by atoms with Crippen molar-refractivity contribution < 1.29 is 4.79 Å². The molecule has 0 bridgehead atoms. The average molecular weight is 197 g/mol. The molecular formula is C8H11N3OS. The molecule has 2 heterocycles. The summed E-state index contributed by atoms with van der Waals surface area (Å²) in [4.78, 5) is 11.6. The molecule has 2 N–H and O–H groups in total. The molecule has 0 unspecified atom stereocenters.